The monoisotopic (exact) mass is 552 g/mol. The van der Waals surface area contributed by atoms with Gasteiger partial charge in [-0.15, -0.1) is 0 Å². The molecule has 0 N–H and O–H groups in total. The van der Waals surface area contributed by atoms with E-state index in [0.29, 0.717) is 36.0 Å². The number of nitrogens with zero attached hydrogens (tertiary/aromatic N) is 4. The lowest BCUT2D eigenvalue weighted by atomic mass is 9.56. The van der Waals surface area contributed by atoms with Crippen molar-refractivity contribution >= 4 is 11.4 Å². The standard InChI is InChI=1S/C38H40N4/c1-3-23-19-39-15-13-37-29-9-5-8-12-32(29)42-22-28-26-18-34-38(14-16-40(34)20-24(26)4-2)30-10-6-7-11-31(30)41(36(28)38)21-27(35(37)42)25(23)17-33(37)39/h3-12,21-22,25-26,33-36H,13-20H2,1-2H3/b23-3+,24-4+,27-21-,28-22-. The first-order valence-electron chi connectivity index (χ1n) is 16.7. The largest absolute Gasteiger partial charge is 0.339 e. The van der Waals surface area contributed by atoms with E-state index in [4.69, 9.17) is 0 Å². The summed E-state index contributed by atoms with van der Waals surface area (Å²) >= 11 is 0. The van der Waals surface area contributed by atoms with Crippen LogP contribution in [0.15, 0.2) is 95.4 Å². The lowest BCUT2D eigenvalue weighted by molar-refractivity contribution is 0.122. The number of hydrogen-bond acceptors (Lipinski definition) is 4. The van der Waals surface area contributed by atoms with Gasteiger partial charge in [-0.25, -0.2) is 0 Å². The van der Waals surface area contributed by atoms with Crippen LogP contribution in [0.5, 0.6) is 0 Å². The number of fused-ring (bicyclic) bond motifs is 8. The van der Waals surface area contributed by atoms with E-state index in [-0.39, 0.29) is 10.8 Å². The molecule has 8 unspecified atom stereocenters. The van der Waals surface area contributed by atoms with Crippen molar-refractivity contribution in [2.75, 3.05) is 36.0 Å². The van der Waals surface area contributed by atoms with Gasteiger partial charge in [-0.3, -0.25) is 9.80 Å². The highest BCUT2D eigenvalue weighted by Crippen LogP contribution is 2.67. The van der Waals surface area contributed by atoms with Crippen LogP contribution in [0.2, 0.25) is 0 Å². The predicted molar refractivity (Wildman–Crippen MR) is 169 cm³/mol. The van der Waals surface area contributed by atoms with Gasteiger partial charge < -0.3 is 9.80 Å². The fourth-order valence-corrected chi connectivity index (χ4v) is 12.5. The average Bonchev–Trinajstić information content (AvgIpc) is 3.75. The molecule has 2 aromatic carbocycles. The molecule has 4 nitrogen and oxygen atoms in total. The fourth-order valence-electron chi connectivity index (χ4n) is 12.5. The lowest BCUT2D eigenvalue weighted by Gasteiger charge is -2.57. The van der Waals surface area contributed by atoms with Gasteiger partial charge in [-0.1, -0.05) is 59.7 Å². The molecule has 0 aromatic heterocycles. The summed E-state index contributed by atoms with van der Waals surface area (Å²) in [6.07, 6.45) is 15.5. The van der Waals surface area contributed by atoms with E-state index >= 15 is 0 Å². The highest BCUT2D eigenvalue weighted by Gasteiger charge is 2.69. The number of rotatable bonds is 0. The Labute approximate surface area is 249 Å². The maximum atomic E-state index is 2.86. The summed E-state index contributed by atoms with van der Waals surface area (Å²) in [5, 5.41) is 0. The van der Waals surface area contributed by atoms with Crippen LogP contribution in [-0.4, -0.2) is 60.1 Å². The minimum atomic E-state index is 0.177. The molecule has 2 spiro atoms. The molecule has 7 heterocycles. The SMILES string of the molecule is C/C=C1\CN2CCC34c5ccccc5N5/C=C6/C7CC8N(CCC89c8ccccc8N(/C=C(/C1CC23)C54)C69)C/C7=C\C. The topological polar surface area (TPSA) is 13.0 Å². The number of allylic oxidation sites excluding steroid dienone is 2. The molecule has 9 aliphatic rings. The van der Waals surface area contributed by atoms with Crippen LogP contribution >= 0.6 is 0 Å². The van der Waals surface area contributed by atoms with Crippen molar-refractivity contribution in [3.63, 3.8) is 0 Å². The van der Waals surface area contributed by atoms with E-state index in [1.807, 2.05) is 0 Å². The van der Waals surface area contributed by atoms with Crippen molar-refractivity contribution in [3.8, 4) is 0 Å². The van der Waals surface area contributed by atoms with E-state index in [1.54, 1.807) is 33.4 Å². The number of benzene rings is 2. The molecule has 4 heteroatoms. The summed E-state index contributed by atoms with van der Waals surface area (Å²) < 4.78 is 0. The van der Waals surface area contributed by atoms with E-state index in [2.05, 4.69) is 107 Å². The second kappa shape index (κ2) is 7.52. The van der Waals surface area contributed by atoms with Crippen LogP contribution in [-0.2, 0) is 10.8 Å². The molecule has 2 saturated carbocycles. The Morgan fingerprint density at radius 2 is 1.10 bits per heavy atom. The molecule has 212 valence electrons. The van der Waals surface area contributed by atoms with Crippen molar-refractivity contribution in [1.29, 1.82) is 0 Å². The van der Waals surface area contributed by atoms with Gasteiger partial charge in [0.2, 0.25) is 0 Å². The van der Waals surface area contributed by atoms with Crippen molar-refractivity contribution < 1.29 is 0 Å². The van der Waals surface area contributed by atoms with E-state index in [1.165, 1.54) is 50.1 Å². The molecule has 4 saturated heterocycles. The third-order valence-electron chi connectivity index (χ3n) is 13.9. The van der Waals surface area contributed by atoms with Crippen LogP contribution < -0.4 is 9.80 Å². The third-order valence-corrected chi connectivity index (χ3v) is 13.9. The number of piperidine rings is 2. The van der Waals surface area contributed by atoms with Crippen LogP contribution in [0, 0.1) is 11.8 Å². The molecule has 8 atom stereocenters. The maximum Gasteiger partial charge on any atom is 0.0681 e. The molecule has 0 radical (unpaired) electrons. The van der Waals surface area contributed by atoms with Gasteiger partial charge in [0.15, 0.2) is 0 Å². The predicted octanol–water partition coefficient (Wildman–Crippen LogP) is 6.13. The highest BCUT2D eigenvalue weighted by atomic mass is 15.3. The second-order valence-electron chi connectivity index (χ2n) is 14.8. The van der Waals surface area contributed by atoms with Gasteiger partial charge in [-0.05, 0) is 87.0 Å². The Balaban J connectivity index is 1.25. The Morgan fingerprint density at radius 1 is 0.643 bits per heavy atom. The first kappa shape index (κ1) is 23.4. The van der Waals surface area contributed by atoms with Crippen molar-refractivity contribution in [3.05, 3.63) is 107 Å². The number of para-hydroxylation sites is 2. The summed E-state index contributed by atoms with van der Waals surface area (Å²) in [5.41, 5.74) is 13.3. The number of anilines is 2. The average molecular weight is 553 g/mol. The van der Waals surface area contributed by atoms with Crippen LogP contribution in [0.3, 0.4) is 0 Å². The summed E-state index contributed by atoms with van der Waals surface area (Å²) in [6, 6.07) is 21.2. The van der Waals surface area contributed by atoms with Gasteiger partial charge in [0.1, 0.15) is 0 Å². The molecule has 4 bridgehead atoms. The molecule has 42 heavy (non-hydrogen) atoms. The summed E-state index contributed by atoms with van der Waals surface area (Å²) in [4.78, 5) is 11.4. The smallest absolute Gasteiger partial charge is 0.0681 e. The van der Waals surface area contributed by atoms with Crippen molar-refractivity contribution in [1.82, 2.24) is 9.80 Å². The molecule has 6 fully saturated rings. The van der Waals surface area contributed by atoms with E-state index < -0.39 is 0 Å². The van der Waals surface area contributed by atoms with Gasteiger partial charge in [0.25, 0.3) is 0 Å². The summed E-state index contributed by atoms with van der Waals surface area (Å²) in [6.45, 7) is 9.33. The zero-order valence-electron chi connectivity index (χ0n) is 24.8. The molecule has 11 rings (SSSR count). The van der Waals surface area contributed by atoms with Crippen molar-refractivity contribution in [2.24, 2.45) is 11.8 Å². The normalized spacial score (nSPS) is 46.0. The van der Waals surface area contributed by atoms with Gasteiger partial charge >= 0.3 is 0 Å². The van der Waals surface area contributed by atoms with Crippen molar-refractivity contribution in [2.45, 2.75) is 74.5 Å². The highest BCUT2D eigenvalue weighted by molar-refractivity contribution is 5.77. The fraction of sp³-hybridized carbons (Fsp3) is 0.474. The Morgan fingerprint density at radius 3 is 1.55 bits per heavy atom. The van der Waals surface area contributed by atoms with Gasteiger partial charge in [0, 0.05) is 71.6 Å². The van der Waals surface area contributed by atoms with Crippen LogP contribution in [0.25, 0.3) is 0 Å². The first-order valence-corrected chi connectivity index (χ1v) is 16.7. The Kier molecular flexibility index (Phi) is 4.19. The molecule has 2 aromatic rings. The van der Waals surface area contributed by atoms with Crippen LogP contribution in [0.4, 0.5) is 11.4 Å². The Hall–Kier alpha value is -3.08. The molecular formula is C38H40N4. The first-order chi connectivity index (χ1) is 20.7. The molecule has 2 aliphatic carbocycles. The number of hydrogen-bond donors (Lipinski definition) is 0. The zero-order valence-corrected chi connectivity index (χ0v) is 24.8. The minimum absolute atomic E-state index is 0.177. The summed E-state index contributed by atoms with van der Waals surface area (Å²) in [5.74, 6) is 1.08. The molecular weight excluding hydrogens is 512 g/mol. The van der Waals surface area contributed by atoms with Crippen LogP contribution in [0.1, 0.15) is 50.7 Å². The second-order valence-corrected chi connectivity index (χ2v) is 14.8. The molecule has 7 aliphatic heterocycles. The Bertz CT molecular complexity index is 1590. The van der Waals surface area contributed by atoms with E-state index in [9.17, 15) is 0 Å². The lowest BCUT2D eigenvalue weighted by Crippen LogP contribution is -2.63. The quantitative estimate of drug-likeness (QED) is 0.365. The van der Waals surface area contributed by atoms with Gasteiger partial charge in [0.05, 0.1) is 12.1 Å². The zero-order chi connectivity index (χ0) is 27.5. The molecule has 0 amide bonds. The third kappa shape index (κ3) is 2.33. The maximum absolute atomic E-state index is 2.86. The van der Waals surface area contributed by atoms with E-state index in [0.717, 1.165) is 13.1 Å². The van der Waals surface area contributed by atoms with Gasteiger partial charge in [-0.2, -0.15) is 0 Å². The summed E-state index contributed by atoms with van der Waals surface area (Å²) in [7, 11) is 0. The minimum Gasteiger partial charge on any atom is -0.339 e.